The highest BCUT2D eigenvalue weighted by Gasteiger charge is 2.25. The third-order valence-electron chi connectivity index (χ3n) is 11.1. The lowest BCUT2D eigenvalue weighted by molar-refractivity contribution is 0.669. The van der Waals surface area contributed by atoms with Crippen LogP contribution in [-0.2, 0) is 0 Å². The second-order valence-electron chi connectivity index (χ2n) is 13.6. The van der Waals surface area contributed by atoms with Crippen LogP contribution in [0.25, 0.3) is 92.4 Å². The minimum Gasteiger partial charge on any atom is -0.456 e. The Morgan fingerprint density at radius 1 is 0.353 bits per heavy atom. The Bertz CT molecular complexity index is 3350. The first kappa shape index (κ1) is 27.0. The van der Waals surface area contributed by atoms with Gasteiger partial charge in [-0.2, -0.15) is 0 Å². The maximum atomic E-state index is 6.49. The molecule has 0 amide bonds. The number of aromatic nitrogens is 1. The van der Waals surface area contributed by atoms with Gasteiger partial charge in [-0.05, 0) is 80.8 Å². The number of benzene rings is 9. The molecular weight excluding hydrogens is 621 g/mol. The van der Waals surface area contributed by atoms with Crippen LogP contribution in [0.4, 0.5) is 17.1 Å². The fourth-order valence-corrected chi connectivity index (χ4v) is 9.03. The number of hydrogen-bond donors (Lipinski definition) is 0. The molecule has 12 rings (SSSR count). The lowest BCUT2D eigenvalue weighted by Gasteiger charge is -2.28. The number of furan rings is 1. The fraction of sp³-hybridized carbons (Fsp3) is 0. The second-order valence-corrected chi connectivity index (χ2v) is 13.6. The standard InChI is InChI=1S/C48H28N2O/c1-2-14-32-30(12-1)31-13-3-4-15-33(31)39-28-29(26-27-34(32)39)49(43-23-11-25-45-47(43)37-17-6-8-24-44(37)51-45)41-21-10-22-42-46(41)38-19-9-18-36-35-16-5-7-20-40(35)50(42)48(36)38/h1-28H. The van der Waals surface area contributed by atoms with Crippen LogP contribution in [0.1, 0.15) is 0 Å². The van der Waals surface area contributed by atoms with Gasteiger partial charge in [0.1, 0.15) is 11.2 Å². The van der Waals surface area contributed by atoms with Gasteiger partial charge < -0.3 is 13.7 Å². The van der Waals surface area contributed by atoms with Crippen LogP contribution in [0.2, 0.25) is 0 Å². The van der Waals surface area contributed by atoms with Crippen LogP contribution >= 0.6 is 0 Å². The molecule has 0 aliphatic heterocycles. The third-order valence-corrected chi connectivity index (χ3v) is 11.1. The number of hydrogen-bond acceptors (Lipinski definition) is 2. The molecule has 3 heteroatoms. The van der Waals surface area contributed by atoms with E-state index in [1.807, 2.05) is 6.07 Å². The molecule has 0 spiro atoms. The average Bonchev–Trinajstić information content (AvgIpc) is 3.86. The van der Waals surface area contributed by atoms with Crippen molar-refractivity contribution in [3.8, 4) is 0 Å². The van der Waals surface area contributed by atoms with Crippen molar-refractivity contribution in [2.45, 2.75) is 0 Å². The largest absolute Gasteiger partial charge is 0.456 e. The molecule has 0 bridgehead atoms. The summed E-state index contributed by atoms with van der Waals surface area (Å²) in [5.74, 6) is 0. The highest BCUT2D eigenvalue weighted by Crippen LogP contribution is 2.49. The molecule has 0 N–H and O–H groups in total. The highest BCUT2D eigenvalue weighted by atomic mass is 16.3. The Kier molecular flexibility index (Phi) is 5.23. The van der Waals surface area contributed by atoms with Crippen LogP contribution in [0, 0.1) is 0 Å². The Morgan fingerprint density at radius 3 is 1.67 bits per heavy atom. The van der Waals surface area contributed by atoms with Crippen molar-refractivity contribution in [1.29, 1.82) is 0 Å². The summed E-state index contributed by atoms with van der Waals surface area (Å²) in [5, 5.41) is 14.8. The molecule has 0 aliphatic carbocycles. The highest BCUT2D eigenvalue weighted by molar-refractivity contribution is 6.28. The van der Waals surface area contributed by atoms with Gasteiger partial charge in [0, 0.05) is 32.6 Å². The van der Waals surface area contributed by atoms with E-state index in [1.165, 1.54) is 70.4 Å². The molecule has 0 atom stereocenters. The van der Waals surface area contributed by atoms with Gasteiger partial charge in [-0.3, -0.25) is 0 Å². The van der Waals surface area contributed by atoms with E-state index in [4.69, 9.17) is 4.42 Å². The monoisotopic (exact) mass is 648 g/mol. The second kappa shape index (κ2) is 9.87. The van der Waals surface area contributed by atoms with E-state index in [-0.39, 0.29) is 0 Å². The first-order valence-corrected chi connectivity index (χ1v) is 17.5. The van der Waals surface area contributed by atoms with Gasteiger partial charge in [-0.25, -0.2) is 0 Å². The van der Waals surface area contributed by atoms with Gasteiger partial charge >= 0.3 is 0 Å². The Hall–Kier alpha value is -6.84. The summed E-state index contributed by atoms with van der Waals surface area (Å²) in [7, 11) is 0. The number of para-hydroxylation sites is 3. The van der Waals surface area contributed by atoms with Crippen molar-refractivity contribution in [3.63, 3.8) is 0 Å². The van der Waals surface area contributed by atoms with E-state index >= 15 is 0 Å². The van der Waals surface area contributed by atoms with Crippen molar-refractivity contribution in [2.24, 2.45) is 0 Å². The maximum absolute atomic E-state index is 6.49. The van der Waals surface area contributed by atoms with Gasteiger partial charge in [-0.15, -0.1) is 0 Å². The molecule has 0 fully saturated rings. The number of rotatable bonds is 3. The van der Waals surface area contributed by atoms with Crippen molar-refractivity contribution in [3.05, 3.63) is 170 Å². The molecule has 0 saturated carbocycles. The van der Waals surface area contributed by atoms with Crippen molar-refractivity contribution >= 4 is 109 Å². The minimum absolute atomic E-state index is 0.878. The Balaban J connectivity index is 1.25. The van der Waals surface area contributed by atoms with Crippen LogP contribution < -0.4 is 4.90 Å². The molecule has 3 aromatic heterocycles. The predicted molar refractivity (Wildman–Crippen MR) is 216 cm³/mol. The molecule has 12 aromatic rings. The predicted octanol–water partition coefficient (Wildman–Crippen LogP) is 13.7. The van der Waals surface area contributed by atoms with E-state index in [1.54, 1.807) is 0 Å². The summed E-state index contributed by atoms with van der Waals surface area (Å²) < 4.78 is 8.95. The molecule has 236 valence electrons. The van der Waals surface area contributed by atoms with Crippen LogP contribution in [-0.4, -0.2) is 4.40 Å². The molecular formula is C48H28N2O. The van der Waals surface area contributed by atoms with E-state index in [9.17, 15) is 0 Å². The molecule has 3 nitrogen and oxygen atoms in total. The van der Waals surface area contributed by atoms with Gasteiger partial charge in [0.05, 0.1) is 33.3 Å². The van der Waals surface area contributed by atoms with Crippen molar-refractivity contribution in [2.75, 3.05) is 4.90 Å². The van der Waals surface area contributed by atoms with Gasteiger partial charge in [0.2, 0.25) is 0 Å². The SMILES string of the molecule is c1ccc2c(c1)oc1cccc(N(c3ccc4c5ccccc5c5ccccc5c4c3)c3cccc4c3c3cccc5c6ccccc6n4c53)c12. The lowest BCUT2D eigenvalue weighted by atomic mass is 9.94. The molecule has 3 heterocycles. The zero-order valence-corrected chi connectivity index (χ0v) is 27.5. The molecule has 51 heavy (non-hydrogen) atoms. The van der Waals surface area contributed by atoms with Crippen LogP contribution in [0.5, 0.6) is 0 Å². The smallest absolute Gasteiger partial charge is 0.137 e. The first-order chi connectivity index (χ1) is 25.3. The molecule has 0 radical (unpaired) electrons. The number of fused-ring (bicyclic) bond motifs is 15. The van der Waals surface area contributed by atoms with E-state index in [0.29, 0.717) is 0 Å². The summed E-state index contributed by atoms with van der Waals surface area (Å²) in [4.78, 5) is 2.47. The summed E-state index contributed by atoms with van der Waals surface area (Å²) in [6.45, 7) is 0. The number of anilines is 3. The quantitative estimate of drug-likeness (QED) is 0.178. The van der Waals surface area contributed by atoms with E-state index in [0.717, 1.165) is 39.0 Å². The lowest BCUT2D eigenvalue weighted by Crippen LogP contribution is -2.11. The summed E-state index contributed by atoms with van der Waals surface area (Å²) in [5.41, 5.74) is 8.79. The zero-order valence-electron chi connectivity index (χ0n) is 27.5. The summed E-state index contributed by atoms with van der Waals surface area (Å²) >= 11 is 0. The number of nitrogens with zero attached hydrogens (tertiary/aromatic N) is 2. The van der Waals surface area contributed by atoms with Gasteiger partial charge in [0.25, 0.3) is 0 Å². The van der Waals surface area contributed by atoms with Crippen LogP contribution in [0.3, 0.4) is 0 Å². The fourth-order valence-electron chi connectivity index (χ4n) is 9.03. The molecule has 9 aromatic carbocycles. The van der Waals surface area contributed by atoms with Gasteiger partial charge in [-0.1, -0.05) is 121 Å². The normalized spacial score (nSPS) is 12.3. The third kappa shape index (κ3) is 3.52. The topological polar surface area (TPSA) is 20.8 Å². The van der Waals surface area contributed by atoms with Gasteiger partial charge in [0.15, 0.2) is 0 Å². The summed E-state index contributed by atoms with van der Waals surface area (Å²) in [6, 6.07) is 61.8. The molecule has 0 aliphatic rings. The summed E-state index contributed by atoms with van der Waals surface area (Å²) in [6.07, 6.45) is 0. The zero-order chi connectivity index (χ0) is 33.2. The minimum atomic E-state index is 0.878. The maximum Gasteiger partial charge on any atom is 0.137 e. The Morgan fingerprint density at radius 2 is 0.882 bits per heavy atom. The molecule has 0 unspecified atom stereocenters. The Labute approximate surface area is 292 Å². The van der Waals surface area contributed by atoms with E-state index in [2.05, 4.69) is 173 Å². The van der Waals surface area contributed by atoms with E-state index < -0.39 is 0 Å². The van der Waals surface area contributed by atoms with Crippen molar-refractivity contribution < 1.29 is 4.42 Å². The average molecular weight is 649 g/mol. The van der Waals surface area contributed by atoms with Crippen molar-refractivity contribution in [1.82, 2.24) is 4.40 Å². The molecule has 0 saturated heterocycles. The first-order valence-electron chi connectivity index (χ1n) is 17.5. The van der Waals surface area contributed by atoms with Crippen LogP contribution in [0.15, 0.2) is 174 Å².